The number of piperazine rings is 1. The van der Waals surface area contributed by atoms with Gasteiger partial charge in [-0.25, -0.2) is 0 Å². The predicted molar refractivity (Wildman–Crippen MR) is 92.0 cm³/mol. The van der Waals surface area contributed by atoms with E-state index in [2.05, 4.69) is 15.5 Å². The number of carbonyl (C=O) groups is 3. The average molecular weight is 356 g/mol. The molecule has 0 aromatic heterocycles. The molecule has 4 aliphatic rings. The monoisotopic (exact) mass is 356 g/mol. The van der Waals surface area contributed by atoms with Gasteiger partial charge in [-0.3, -0.25) is 19.7 Å². The molecule has 0 unspecified atom stereocenters. The lowest BCUT2D eigenvalue weighted by Crippen LogP contribution is -2.55. The summed E-state index contributed by atoms with van der Waals surface area (Å²) in [5, 5.41) is 5.71. The van der Waals surface area contributed by atoms with Crippen molar-refractivity contribution in [3.63, 3.8) is 0 Å². The van der Waals surface area contributed by atoms with Crippen LogP contribution < -0.4 is 20.3 Å². The van der Waals surface area contributed by atoms with E-state index < -0.39 is 6.04 Å². The normalized spacial score (nSPS) is 27.5. The Kier molecular flexibility index (Phi) is 3.43. The zero-order valence-electron chi connectivity index (χ0n) is 14.3. The number of rotatable bonds is 1. The summed E-state index contributed by atoms with van der Waals surface area (Å²) in [6.45, 7) is 3.65. The van der Waals surface area contributed by atoms with Gasteiger partial charge in [-0.1, -0.05) is 0 Å². The summed E-state index contributed by atoms with van der Waals surface area (Å²) in [6.07, 6.45) is 0.626. The van der Waals surface area contributed by atoms with E-state index >= 15 is 0 Å². The Morgan fingerprint density at radius 2 is 2.04 bits per heavy atom. The number of imide groups is 1. The number of anilines is 1. The molecule has 0 spiro atoms. The van der Waals surface area contributed by atoms with Crippen LogP contribution in [0.5, 0.6) is 5.75 Å². The molecule has 26 heavy (non-hydrogen) atoms. The predicted octanol–water partition coefficient (Wildman–Crippen LogP) is -0.382. The smallest absolute Gasteiger partial charge is 0.255 e. The first-order valence-corrected chi connectivity index (χ1v) is 9.04. The topological polar surface area (TPSA) is 91.0 Å². The molecular formula is C18H20N4O4. The van der Waals surface area contributed by atoms with E-state index in [-0.39, 0.29) is 24.1 Å². The van der Waals surface area contributed by atoms with Gasteiger partial charge in [-0.05, 0) is 18.6 Å². The van der Waals surface area contributed by atoms with Crippen LogP contribution in [0, 0.1) is 0 Å². The summed E-state index contributed by atoms with van der Waals surface area (Å²) in [7, 11) is 0. The van der Waals surface area contributed by atoms with Crippen LogP contribution in [-0.2, 0) is 16.1 Å². The van der Waals surface area contributed by atoms with Crippen molar-refractivity contribution in [3.8, 4) is 5.75 Å². The number of hydrogen-bond acceptors (Lipinski definition) is 6. The fourth-order valence-corrected chi connectivity index (χ4v) is 4.39. The van der Waals surface area contributed by atoms with Crippen LogP contribution in [0.2, 0.25) is 0 Å². The molecule has 4 heterocycles. The fraction of sp³-hybridized carbons (Fsp3) is 0.500. The first-order chi connectivity index (χ1) is 12.6. The summed E-state index contributed by atoms with van der Waals surface area (Å²) in [5.41, 5.74) is 2.48. The van der Waals surface area contributed by atoms with Gasteiger partial charge in [0.2, 0.25) is 11.8 Å². The maximum atomic E-state index is 12.9. The zero-order valence-corrected chi connectivity index (χ0v) is 14.3. The molecule has 4 aliphatic heterocycles. The molecule has 2 atom stereocenters. The van der Waals surface area contributed by atoms with Gasteiger partial charge in [0.1, 0.15) is 18.4 Å². The van der Waals surface area contributed by atoms with E-state index in [1.807, 2.05) is 12.1 Å². The third-order valence-electron chi connectivity index (χ3n) is 5.73. The average Bonchev–Trinajstić information content (AvgIpc) is 2.98. The van der Waals surface area contributed by atoms with Gasteiger partial charge >= 0.3 is 0 Å². The van der Waals surface area contributed by atoms with Crippen LogP contribution in [0.15, 0.2) is 12.1 Å². The zero-order chi connectivity index (χ0) is 17.8. The van der Waals surface area contributed by atoms with Gasteiger partial charge in [-0.2, -0.15) is 0 Å². The van der Waals surface area contributed by atoms with E-state index in [1.165, 1.54) is 0 Å². The fourth-order valence-electron chi connectivity index (χ4n) is 4.39. The van der Waals surface area contributed by atoms with Gasteiger partial charge in [0, 0.05) is 37.2 Å². The summed E-state index contributed by atoms with van der Waals surface area (Å²) in [4.78, 5) is 40.4. The SMILES string of the molecule is O=C1CC[C@@H](N2Cc3c(ccc4c3OC[C@@H]3CNCCN43)C2=O)C(=O)N1. The summed E-state index contributed by atoms with van der Waals surface area (Å²) < 4.78 is 6.05. The standard InChI is InChI=1S/C18H20N4O4/c23-15-4-3-14(17(24)20-15)22-8-12-11(18(22)25)1-2-13-16(12)26-9-10-7-19-5-6-21(10)13/h1-2,10,14,19H,3-9H2,(H,20,23,24)/t10-,14+/m0/s1. The highest BCUT2D eigenvalue weighted by atomic mass is 16.5. The first kappa shape index (κ1) is 15.6. The molecule has 136 valence electrons. The molecule has 2 saturated heterocycles. The van der Waals surface area contributed by atoms with Crippen molar-refractivity contribution < 1.29 is 19.1 Å². The number of amides is 3. The second-order valence-corrected chi connectivity index (χ2v) is 7.20. The van der Waals surface area contributed by atoms with Crippen LogP contribution >= 0.6 is 0 Å². The van der Waals surface area contributed by atoms with Gasteiger partial charge in [0.05, 0.1) is 18.3 Å². The number of piperidine rings is 1. The second kappa shape index (κ2) is 5.70. The van der Waals surface area contributed by atoms with Crippen LogP contribution in [0.1, 0.15) is 28.8 Å². The molecule has 5 rings (SSSR count). The maximum absolute atomic E-state index is 12.9. The van der Waals surface area contributed by atoms with Crippen molar-refractivity contribution in [1.82, 2.24) is 15.5 Å². The largest absolute Gasteiger partial charge is 0.489 e. The molecule has 2 N–H and O–H groups in total. The molecule has 2 fully saturated rings. The molecule has 8 heteroatoms. The van der Waals surface area contributed by atoms with Crippen LogP contribution in [0.25, 0.3) is 0 Å². The molecule has 0 bridgehead atoms. The Bertz CT molecular complexity index is 824. The molecular weight excluding hydrogens is 336 g/mol. The minimum atomic E-state index is -0.598. The summed E-state index contributed by atoms with van der Waals surface area (Å²) in [6, 6.07) is 3.50. The minimum Gasteiger partial charge on any atom is -0.489 e. The van der Waals surface area contributed by atoms with E-state index in [0.29, 0.717) is 31.2 Å². The van der Waals surface area contributed by atoms with Crippen molar-refractivity contribution in [1.29, 1.82) is 0 Å². The summed E-state index contributed by atoms with van der Waals surface area (Å²) >= 11 is 0. The number of fused-ring (bicyclic) bond motifs is 5. The lowest BCUT2D eigenvalue weighted by molar-refractivity contribution is -0.136. The molecule has 0 saturated carbocycles. The number of nitrogens with one attached hydrogen (secondary N) is 2. The molecule has 1 aromatic carbocycles. The lowest BCUT2D eigenvalue weighted by Gasteiger charge is -2.42. The molecule has 0 aliphatic carbocycles. The van der Waals surface area contributed by atoms with Crippen molar-refractivity contribution in [2.45, 2.75) is 31.5 Å². The number of nitrogens with zero attached hydrogens (tertiary/aromatic N) is 2. The molecule has 3 amide bonds. The first-order valence-electron chi connectivity index (χ1n) is 9.04. The number of hydrogen-bond donors (Lipinski definition) is 2. The number of ether oxygens (including phenoxy) is 1. The van der Waals surface area contributed by atoms with E-state index in [0.717, 1.165) is 36.6 Å². The van der Waals surface area contributed by atoms with Crippen molar-refractivity contribution in [2.75, 3.05) is 31.1 Å². The van der Waals surface area contributed by atoms with Crippen molar-refractivity contribution in [3.05, 3.63) is 23.3 Å². The molecule has 8 nitrogen and oxygen atoms in total. The van der Waals surface area contributed by atoms with E-state index in [4.69, 9.17) is 4.74 Å². The number of benzene rings is 1. The lowest BCUT2D eigenvalue weighted by atomic mass is 10.0. The van der Waals surface area contributed by atoms with Crippen molar-refractivity contribution in [2.24, 2.45) is 0 Å². The Balaban J connectivity index is 1.48. The maximum Gasteiger partial charge on any atom is 0.255 e. The highest BCUT2D eigenvalue weighted by Crippen LogP contribution is 2.43. The summed E-state index contributed by atoms with van der Waals surface area (Å²) in [5.74, 6) is -0.0626. The van der Waals surface area contributed by atoms with Crippen LogP contribution in [0.3, 0.4) is 0 Å². The second-order valence-electron chi connectivity index (χ2n) is 7.20. The molecule has 1 aromatic rings. The van der Waals surface area contributed by atoms with Crippen molar-refractivity contribution >= 4 is 23.4 Å². The van der Waals surface area contributed by atoms with Gasteiger partial charge in [-0.15, -0.1) is 0 Å². The Morgan fingerprint density at radius 1 is 1.15 bits per heavy atom. The van der Waals surface area contributed by atoms with E-state index in [1.54, 1.807) is 4.90 Å². The third kappa shape index (κ3) is 2.21. The third-order valence-corrected chi connectivity index (χ3v) is 5.73. The van der Waals surface area contributed by atoms with E-state index in [9.17, 15) is 14.4 Å². The highest BCUT2D eigenvalue weighted by molar-refractivity contribution is 6.06. The quantitative estimate of drug-likeness (QED) is 0.667. The Labute approximate surface area is 150 Å². The minimum absolute atomic E-state index is 0.164. The van der Waals surface area contributed by atoms with Gasteiger partial charge < -0.3 is 19.9 Å². The van der Waals surface area contributed by atoms with Gasteiger partial charge in [0.25, 0.3) is 5.91 Å². The van der Waals surface area contributed by atoms with Gasteiger partial charge in [0.15, 0.2) is 0 Å². The number of carbonyl (C=O) groups excluding carboxylic acids is 3. The highest BCUT2D eigenvalue weighted by Gasteiger charge is 2.42. The Morgan fingerprint density at radius 3 is 2.88 bits per heavy atom. The van der Waals surface area contributed by atoms with Crippen LogP contribution in [0.4, 0.5) is 5.69 Å². The molecule has 0 radical (unpaired) electrons. The Hall–Kier alpha value is -2.61. The van der Waals surface area contributed by atoms with Crippen LogP contribution in [-0.4, -0.2) is 60.9 Å².